The minimum absolute atomic E-state index is 0.343. The Balaban J connectivity index is 2.04. The van der Waals surface area contributed by atoms with Crippen LogP contribution < -0.4 is 10.1 Å². The highest BCUT2D eigenvalue weighted by Gasteiger charge is 2.10. The lowest BCUT2D eigenvalue weighted by Crippen LogP contribution is -2.17. The van der Waals surface area contributed by atoms with Crippen molar-refractivity contribution in [1.82, 2.24) is 5.32 Å². The van der Waals surface area contributed by atoms with E-state index in [9.17, 15) is 4.79 Å². The molecule has 1 aliphatic heterocycles. The molecule has 1 aromatic rings. The van der Waals surface area contributed by atoms with Crippen molar-refractivity contribution >= 4 is 5.97 Å². The number of esters is 1. The molecule has 0 spiro atoms. The highest BCUT2D eigenvalue weighted by Crippen LogP contribution is 2.11. The van der Waals surface area contributed by atoms with Crippen molar-refractivity contribution in [3.63, 3.8) is 0 Å². The lowest BCUT2D eigenvalue weighted by molar-refractivity contribution is -0.129. The molecular formula is C12H11NO2. The Morgan fingerprint density at radius 1 is 1.27 bits per heavy atom. The molecule has 1 N–H and O–H groups in total. The lowest BCUT2D eigenvalue weighted by atomic mass is 10.2. The molecule has 3 nitrogen and oxygen atoms in total. The molecule has 0 aromatic heterocycles. The molecule has 0 radical (unpaired) electrons. The zero-order valence-corrected chi connectivity index (χ0v) is 8.14. The van der Waals surface area contributed by atoms with E-state index in [2.05, 4.69) is 5.32 Å². The van der Waals surface area contributed by atoms with Gasteiger partial charge in [0.1, 0.15) is 5.75 Å². The van der Waals surface area contributed by atoms with Crippen molar-refractivity contribution in [2.45, 2.75) is 0 Å². The van der Waals surface area contributed by atoms with E-state index in [0.29, 0.717) is 11.3 Å². The van der Waals surface area contributed by atoms with E-state index in [1.54, 1.807) is 24.4 Å². The molecule has 0 fully saturated rings. The molecule has 0 bridgehead atoms. The van der Waals surface area contributed by atoms with Gasteiger partial charge >= 0.3 is 5.97 Å². The van der Waals surface area contributed by atoms with Gasteiger partial charge in [0, 0.05) is 12.7 Å². The smallest absolute Gasteiger partial charge is 0.344 e. The van der Waals surface area contributed by atoms with Crippen molar-refractivity contribution < 1.29 is 9.53 Å². The number of benzene rings is 1. The maximum Gasteiger partial charge on any atom is 0.344 e. The number of nitrogens with one attached hydrogen (secondary N) is 1. The summed E-state index contributed by atoms with van der Waals surface area (Å²) in [5, 5.41) is 2.95. The molecule has 15 heavy (non-hydrogen) atoms. The third-order valence-electron chi connectivity index (χ3n) is 1.98. The van der Waals surface area contributed by atoms with Crippen LogP contribution in [0.1, 0.15) is 0 Å². The molecule has 2 rings (SSSR count). The number of hydrogen-bond acceptors (Lipinski definition) is 3. The largest absolute Gasteiger partial charge is 0.423 e. The summed E-state index contributed by atoms with van der Waals surface area (Å²) in [5.41, 5.74) is 0.533. The van der Waals surface area contributed by atoms with Crippen LogP contribution in [-0.4, -0.2) is 12.5 Å². The minimum atomic E-state index is -0.343. The molecule has 0 unspecified atom stereocenters. The number of hydrogen-bond donors (Lipinski definition) is 1. The van der Waals surface area contributed by atoms with Crippen LogP contribution in [0, 0.1) is 0 Å². The highest BCUT2D eigenvalue weighted by molar-refractivity contribution is 5.93. The van der Waals surface area contributed by atoms with E-state index in [-0.39, 0.29) is 5.97 Å². The monoisotopic (exact) mass is 201 g/mol. The summed E-state index contributed by atoms with van der Waals surface area (Å²) in [4.78, 5) is 11.6. The Hall–Kier alpha value is -2.03. The summed E-state index contributed by atoms with van der Waals surface area (Å²) >= 11 is 0. The second kappa shape index (κ2) is 4.46. The van der Waals surface area contributed by atoms with E-state index < -0.39 is 0 Å². The predicted octanol–water partition coefficient (Wildman–Crippen LogP) is 1.64. The number of carbonyl (C=O) groups is 1. The molecular weight excluding hydrogens is 190 g/mol. The Kier molecular flexibility index (Phi) is 2.83. The normalized spacial score (nSPS) is 14.0. The number of rotatable bonds is 2. The van der Waals surface area contributed by atoms with Gasteiger partial charge in [-0.15, -0.1) is 0 Å². The maximum atomic E-state index is 11.6. The number of ether oxygens (including phenoxy) is 1. The van der Waals surface area contributed by atoms with Gasteiger partial charge in [-0.25, -0.2) is 4.79 Å². The molecule has 1 heterocycles. The van der Waals surface area contributed by atoms with Gasteiger partial charge in [-0.2, -0.15) is 0 Å². The summed E-state index contributed by atoms with van der Waals surface area (Å²) in [5.74, 6) is 0.215. The van der Waals surface area contributed by atoms with Crippen molar-refractivity contribution in [3.8, 4) is 5.75 Å². The first-order chi connectivity index (χ1) is 7.36. The molecule has 0 atom stereocenters. The number of carbonyl (C=O) groups excluding carboxylic acids is 1. The minimum Gasteiger partial charge on any atom is -0.423 e. The zero-order chi connectivity index (χ0) is 10.5. The summed E-state index contributed by atoms with van der Waals surface area (Å²) in [6.07, 6.45) is 5.29. The van der Waals surface area contributed by atoms with E-state index >= 15 is 0 Å². The third-order valence-corrected chi connectivity index (χ3v) is 1.98. The van der Waals surface area contributed by atoms with Crippen LogP contribution in [-0.2, 0) is 4.79 Å². The molecule has 0 saturated carbocycles. The summed E-state index contributed by atoms with van der Waals surface area (Å²) in [6.45, 7) is 0.752. The first-order valence-electron chi connectivity index (χ1n) is 4.73. The number of dihydropyridines is 1. The van der Waals surface area contributed by atoms with Crippen molar-refractivity contribution in [2.24, 2.45) is 0 Å². The number of para-hydroxylation sites is 1. The topological polar surface area (TPSA) is 38.3 Å². The van der Waals surface area contributed by atoms with Crippen LogP contribution in [0.15, 0.2) is 54.3 Å². The molecule has 1 aliphatic rings. The molecule has 76 valence electrons. The summed E-state index contributed by atoms with van der Waals surface area (Å²) in [7, 11) is 0. The predicted molar refractivity (Wildman–Crippen MR) is 57.3 cm³/mol. The molecule has 1 aromatic carbocycles. The summed E-state index contributed by atoms with van der Waals surface area (Å²) in [6, 6.07) is 9.02. The molecule has 3 heteroatoms. The van der Waals surface area contributed by atoms with E-state index in [1.807, 2.05) is 24.3 Å². The molecule has 0 saturated heterocycles. The van der Waals surface area contributed by atoms with Gasteiger partial charge in [0.15, 0.2) is 0 Å². The van der Waals surface area contributed by atoms with Crippen LogP contribution in [0.2, 0.25) is 0 Å². The Labute approximate surface area is 88.1 Å². The van der Waals surface area contributed by atoms with Crippen LogP contribution in [0.4, 0.5) is 0 Å². The average Bonchev–Trinajstić information content (AvgIpc) is 2.31. The van der Waals surface area contributed by atoms with Gasteiger partial charge in [0.25, 0.3) is 0 Å². The Bertz CT molecular complexity index is 407. The second-order valence-electron chi connectivity index (χ2n) is 3.11. The molecule has 0 aliphatic carbocycles. The van der Waals surface area contributed by atoms with Gasteiger partial charge < -0.3 is 10.1 Å². The SMILES string of the molecule is O=C(Oc1ccccc1)C1=CNCC=C1. The van der Waals surface area contributed by atoms with Crippen molar-refractivity contribution in [3.05, 3.63) is 54.3 Å². The van der Waals surface area contributed by atoms with Gasteiger partial charge in [-0.3, -0.25) is 0 Å². The van der Waals surface area contributed by atoms with Crippen LogP contribution in [0.3, 0.4) is 0 Å². The quantitative estimate of drug-likeness (QED) is 0.584. The lowest BCUT2D eigenvalue weighted by Gasteiger charge is -2.08. The van der Waals surface area contributed by atoms with E-state index in [4.69, 9.17) is 4.74 Å². The zero-order valence-electron chi connectivity index (χ0n) is 8.14. The fourth-order valence-electron chi connectivity index (χ4n) is 1.25. The average molecular weight is 201 g/mol. The van der Waals surface area contributed by atoms with Crippen LogP contribution in [0.5, 0.6) is 5.75 Å². The second-order valence-corrected chi connectivity index (χ2v) is 3.11. The fourth-order valence-corrected chi connectivity index (χ4v) is 1.25. The van der Waals surface area contributed by atoms with Crippen LogP contribution in [0.25, 0.3) is 0 Å². The van der Waals surface area contributed by atoms with Gasteiger partial charge in [-0.05, 0) is 18.2 Å². The Morgan fingerprint density at radius 3 is 2.73 bits per heavy atom. The maximum absolute atomic E-state index is 11.6. The third kappa shape index (κ3) is 2.47. The van der Waals surface area contributed by atoms with E-state index in [1.165, 1.54) is 0 Å². The van der Waals surface area contributed by atoms with Gasteiger partial charge in [0.2, 0.25) is 0 Å². The van der Waals surface area contributed by atoms with E-state index in [0.717, 1.165) is 6.54 Å². The summed E-state index contributed by atoms with van der Waals surface area (Å²) < 4.78 is 5.16. The Morgan fingerprint density at radius 2 is 2.07 bits per heavy atom. The first kappa shape index (κ1) is 9.52. The standard InChI is InChI=1S/C12H11NO2/c14-12(10-5-4-8-13-9-10)15-11-6-2-1-3-7-11/h1-7,9,13H,8H2. The van der Waals surface area contributed by atoms with Gasteiger partial charge in [0.05, 0.1) is 5.57 Å². The first-order valence-corrected chi connectivity index (χ1v) is 4.73. The molecule has 0 amide bonds. The van der Waals surface area contributed by atoms with Crippen LogP contribution >= 0.6 is 0 Å². The highest BCUT2D eigenvalue weighted by atomic mass is 16.5. The fraction of sp³-hybridized carbons (Fsp3) is 0.0833. The van der Waals surface area contributed by atoms with Crippen molar-refractivity contribution in [1.29, 1.82) is 0 Å². The van der Waals surface area contributed by atoms with Crippen molar-refractivity contribution in [2.75, 3.05) is 6.54 Å². The van der Waals surface area contributed by atoms with Gasteiger partial charge in [-0.1, -0.05) is 24.3 Å².